The first kappa shape index (κ1) is 13.6. The third kappa shape index (κ3) is 3.84. The maximum absolute atomic E-state index is 5.38. The van der Waals surface area contributed by atoms with Crippen molar-refractivity contribution in [3.8, 4) is 11.8 Å². The SMILES string of the molecule is CCCC1CCN(Cc2ccc(C#CCN)s2)C1. The minimum Gasteiger partial charge on any atom is -0.320 e. The summed E-state index contributed by atoms with van der Waals surface area (Å²) in [6, 6.07) is 4.32. The van der Waals surface area contributed by atoms with Crippen LogP contribution in [0.3, 0.4) is 0 Å². The van der Waals surface area contributed by atoms with Crippen LogP contribution in [-0.4, -0.2) is 24.5 Å². The summed E-state index contributed by atoms with van der Waals surface area (Å²) in [7, 11) is 0. The fourth-order valence-electron chi connectivity index (χ4n) is 2.59. The predicted molar refractivity (Wildman–Crippen MR) is 78.5 cm³/mol. The van der Waals surface area contributed by atoms with E-state index in [-0.39, 0.29) is 0 Å². The Morgan fingerprint density at radius 1 is 1.50 bits per heavy atom. The number of likely N-dealkylation sites (tertiary alicyclic amines) is 1. The van der Waals surface area contributed by atoms with Gasteiger partial charge in [-0.2, -0.15) is 0 Å². The van der Waals surface area contributed by atoms with Crippen molar-refractivity contribution in [2.24, 2.45) is 11.7 Å². The van der Waals surface area contributed by atoms with Crippen molar-refractivity contribution in [1.29, 1.82) is 0 Å². The topological polar surface area (TPSA) is 29.3 Å². The van der Waals surface area contributed by atoms with Crippen LogP contribution in [-0.2, 0) is 6.54 Å². The van der Waals surface area contributed by atoms with Crippen molar-refractivity contribution in [1.82, 2.24) is 4.90 Å². The second-order valence-electron chi connectivity index (χ2n) is 4.95. The Bertz CT molecular complexity index is 427. The van der Waals surface area contributed by atoms with Gasteiger partial charge in [0.05, 0.1) is 11.4 Å². The average molecular weight is 262 g/mol. The lowest BCUT2D eigenvalue weighted by atomic mass is 10.0. The second-order valence-corrected chi connectivity index (χ2v) is 6.12. The summed E-state index contributed by atoms with van der Waals surface area (Å²) in [4.78, 5) is 5.14. The summed E-state index contributed by atoms with van der Waals surface area (Å²) in [6.45, 7) is 6.35. The largest absolute Gasteiger partial charge is 0.320 e. The number of nitrogens with two attached hydrogens (primary N) is 1. The molecular formula is C15H22N2S. The number of hydrogen-bond acceptors (Lipinski definition) is 3. The lowest BCUT2D eigenvalue weighted by Crippen LogP contribution is -2.19. The Labute approximate surface area is 114 Å². The van der Waals surface area contributed by atoms with Crippen molar-refractivity contribution in [2.45, 2.75) is 32.7 Å². The van der Waals surface area contributed by atoms with Gasteiger partial charge in [0.15, 0.2) is 0 Å². The molecule has 0 amide bonds. The van der Waals surface area contributed by atoms with E-state index in [1.807, 2.05) is 0 Å². The van der Waals surface area contributed by atoms with Gasteiger partial charge >= 0.3 is 0 Å². The molecule has 1 aromatic heterocycles. The van der Waals surface area contributed by atoms with Gasteiger partial charge in [-0.1, -0.05) is 25.2 Å². The van der Waals surface area contributed by atoms with E-state index >= 15 is 0 Å². The molecule has 0 aromatic carbocycles. The van der Waals surface area contributed by atoms with E-state index in [0.29, 0.717) is 6.54 Å². The van der Waals surface area contributed by atoms with E-state index in [1.54, 1.807) is 11.3 Å². The molecule has 0 saturated carbocycles. The van der Waals surface area contributed by atoms with Gasteiger partial charge in [-0.15, -0.1) is 11.3 Å². The fourth-order valence-corrected chi connectivity index (χ4v) is 3.51. The average Bonchev–Trinajstić information content (AvgIpc) is 2.98. The molecule has 1 aliphatic heterocycles. The van der Waals surface area contributed by atoms with Crippen LogP contribution in [0.25, 0.3) is 0 Å². The van der Waals surface area contributed by atoms with Crippen LogP contribution in [0.2, 0.25) is 0 Å². The van der Waals surface area contributed by atoms with Crippen molar-refractivity contribution in [3.63, 3.8) is 0 Å². The molecule has 1 aliphatic rings. The van der Waals surface area contributed by atoms with E-state index < -0.39 is 0 Å². The zero-order chi connectivity index (χ0) is 12.8. The van der Waals surface area contributed by atoms with Crippen molar-refractivity contribution in [3.05, 3.63) is 21.9 Å². The molecule has 1 fully saturated rings. The molecule has 1 atom stereocenters. The van der Waals surface area contributed by atoms with Crippen molar-refractivity contribution in [2.75, 3.05) is 19.6 Å². The molecule has 1 unspecified atom stereocenters. The molecule has 18 heavy (non-hydrogen) atoms. The highest BCUT2D eigenvalue weighted by Crippen LogP contribution is 2.24. The third-order valence-electron chi connectivity index (χ3n) is 3.42. The van der Waals surface area contributed by atoms with Crippen LogP contribution in [0.4, 0.5) is 0 Å². The van der Waals surface area contributed by atoms with Gasteiger partial charge in [0.25, 0.3) is 0 Å². The Kier molecular flexibility index (Phi) is 5.25. The highest BCUT2D eigenvalue weighted by atomic mass is 32.1. The van der Waals surface area contributed by atoms with Gasteiger partial charge in [0.2, 0.25) is 0 Å². The summed E-state index contributed by atoms with van der Waals surface area (Å²) < 4.78 is 0. The normalized spacial score (nSPS) is 19.8. The number of thiophene rings is 1. The molecule has 98 valence electrons. The van der Waals surface area contributed by atoms with Crippen LogP contribution in [0.5, 0.6) is 0 Å². The number of nitrogens with zero attached hydrogens (tertiary/aromatic N) is 1. The first-order valence-electron chi connectivity index (χ1n) is 6.81. The van der Waals surface area contributed by atoms with E-state index in [0.717, 1.165) is 17.3 Å². The van der Waals surface area contributed by atoms with E-state index in [4.69, 9.17) is 5.73 Å². The molecule has 0 aliphatic carbocycles. The standard InChI is InChI=1S/C15H22N2S/c1-2-4-13-8-10-17(11-13)12-15-7-6-14(18-15)5-3-9-16/h6-7,13H,2,4,8-12,16H2,1H3. The Morgan fingerprint density at radius 3 is 3.17 bits per heavy atom. The zero-order valence-corrected chi connectivity index (χ0v) is 11.9. The van der Waals surface area contributed by atoms with Crippen LogP contribution < -0.4 is 5.73 Å². The van der Waals surface area contributed by atoms with Crippen LogP contribution >= 0.6 is 11.3 Å². The molecule has 1 saturated heterocycles. The molecule has 1 aromatic rings. The lowest BCUT2D eigenvalue weighted by molar-refractivity contribution is 0.315. The maximum Gasteiger partial charge on any atom is 0.0772 e. The van der Waals surface area contributed by atoms with Gasteiger partial charge in [0.1, 0.15) is 0 Å². The maximum atomic E-state index is 5.38. The van der Waals surface area contributed by atoms with Crippen molar-refractivity contribution < 1.29 is 0 Å². The third-order valence-corrected chi connectivity index (χ3v) is 4.41. The molecule has 0 radical (unpaired) electrons. The molecule has 3 heteroatoms. The first-order chi connectivity index (χ1) is 8.81. The molecule has 0 bridgehead atoms. The summed E-state index contributed by atoms with van der Waals surface area (Å²) in [5.41, 5.74) is 5.38. The summed E-state index contributed by atoms with van der Waals surface area (Å²) in [6.07, 6.45) is 4.07. The highest BCUT2D eigenvalue weighted by molar-refractivity contribution is 7.12. The molecular weight excluding hydrogens is 240 g/mol. The van der Waals surface area contributed by atoms with Crippen LogP contribution in [0.1, 0.15) is 35.9 Å². The second kappa shape index (κ2) is 6.94. The van der Waals surface area contributed by atoms with Gasteiger partial charge < -0.3 is 5.73 Å². The zero-order valence-electron chi connectivity index (χ0n) is 11.1. The van der Waals surface area contributed by atoms with Gasteiger partial charge in [0, 0.05) is 18.0 Å². The number of hydrogen-bond donors (Lipinski definition) is 1. The van der Waals surface area contributed by atoms with E-state index in [9.17, 15) is 0 Å². The smallest absolute Gasteiger partial charge is 0.0772 e. The van der Waals surface area contributed by atoms with E-state index in [2.05, 4.69) is 35.8 Å². The molecule has 2 rings (SSSR count). The highest BCUT2D eigenvalue weighted by Gasteiger charge is 2.21. The summed E-state index contributed by atoms with van der Waals surface area (Å²) >= 11 is 1.80. The quantitative estimate of drug-likeness (QED) is 0.845. The Morgan fingerprint density at radius 2 is 2.39 bits per heavy atom. The van der Waals surface area contributed by atoms with E-state index in [1.165, 1.54) is 37.2 Å². The first-order valence-corrected chi connectivity index (χ1v) is 7.63. The molecule has 2 heterocycles. The summed E-state index contributed by atoms with van der Waals surface area (Å²) in [5.74, 6) is 6.94. The summed E-state index contributed by atoms with van der Waals surface area (Å²) in [5, 5.41) is 0. The minimum atomic E-state index is 0.443. The molecule has 0 spiro atoms. The lowest BCUT2D eigenvalue weighted by Gasteiger charge is -2.14. The molecule has 2 nitrogen and oxygen atoms in total. The Hall–Kier alpha value is -0.820. The monoisotopic (exact) mass is 262 g/mol. The number of rotatable bonds is 4. The fraction of sp³-hybridized carbons (Fsp3) is 0.600. The predicted octanol–water partition coefficient (Wildman–Crippen LogP) is 2.68. The van der Waals surface area contributed by atoms with Crippen LogP contribution in [0.15, 0.2) is 12.1 Å². The van der Waals surface area contributed by atoms with Gasteiger partial charge in [-0.25, -0.2) is 0 Å². The minimum absolute atomic E-state index is 0.443. The van der Waals surface area contributed by atoms with Crippen molar-refractivity contribution >= 4 is 11.3 Å². The van der Waals surface area contributed by atoms with Gasteiger partial charge in [-0.05, 0) is 37.4 Å². The van der Waals surface area contributed by atoms with Crippen LogP contribution in [0, 0.1) is 17.8 Å². The molecule has 2 N–H and O–H groups in total. The van der Waals surface area contributed by atoms with Gasteiger partial charge in [-0.3, -0.25) is 4.90 Å². The Balaban J connectivity index is 1.85.